The molecule has 2 aromatic carbocycles. The van der Waals surface area contributed by atoms with Gasteiger partial charge in [-0.15, -0.1) is 0 Å². The maximum atomic E-state index is 12.9. The number of aromatic nitrogens is 1. The van der Waals surface area contributed by atoms with Crippen LogP contribution in [0.2, 0.25) is 5.02 Å². The zero-order valence-electron chi connectivity index (χ0n) is 16.2. The second-order valence-corrected chi connectivity index (χ2v) is 7.60. The van der Waals surface area contributed by atoms with E-state index in [-0.39, 0.29) is 31.8 Å². The lowest BCUT2D eigenvalue weighted by Gasteiger charge is -2.09. The highest BCUT2D eigenvalue weighted by Gasteiger charge is 2.23. The van der Waals surface area contributed by atoms with Gasteiger partial charge in [0.05, 0.1) is 15.4 Å². The Bertz CT molecular complexity index is 1290. The van der Waals surface area contributed by atoms with Gasteiger partial charge in [-0.25, -0.2) is 9.78 Å². The van der Waals surface area contributed by atoms with E-state index in [2.05, 4.69) is 10.3 Å². The number of carbonyl (C=O) groups excluding carboxylic acids is 3. The van der Waals surface area contributed by atoms with Crippen molar-refractivity contribution in [1.29, 1.82) is 0 Å². The lowest BCUT2D eigenvalue weighted by molar-refractivity contribution is -0.384. The van der Waals surface area contributed by atoms with Crippen LogP contribution < -0.4 is 5.32 Å². The van der Waals surface area contributed by atoms with Gasteiger partial charge in [0.25, 0.3) is 11.6 Å². The van der Waals surface area contributed by atoms with E-state index in [4.69, 9.17) is 16.3 Å². The first-order valence-corrected chi connectivity index (χ1v) is 10.0. The van der Waals surface area contributed by atoms with E-state index in [1.165, 1.54) is 36.4 Å². The Morgan fingerprint density at radius 3 is 2.39 bits per heavy atom. The molecule has 168 valence electrons. The van der Waals surface area contributed by atoms with Crippen LogP contribution in [0.1, 0.15) is 26.3 Å². The molecule has 0 unspecified atom stereocenters. The van der Waals surface area contributed by atoms with E-state index in [1.807, 2.05) is 0 Å². The fourth-order valence-corrected chi connectivity index (χ4v) is 3.42. The number of amides is 1. The molecule has 3 aromatic rings. The van der Waals surface area contributed by atoms with Gasteiger partial charge in [-0.1, -0.05) is 29.8 Å². The van der Waals surface area contributed by atoms with Crippen LogP contribution >= 0.6 is 22.9 Å². The summed E-state index contributed by atoms with van der Waals surface area (Å²) in [6, 6.07) is 9.04. The summed E-state index contributed by atoms with van der Waals surface area (Å²) in [5.74, 6) is -2.49. The number of thiazole rings is 1. The van der Waals surface area contributed by atoms with Crippen molar-refractivity contribution < 1.29 is 29.0 Å². The molecule has 0 aliphatic carbocycles. The number of nitrogens with one attached hydrogen (secondary N) is 1. The lowest BCUT2D eigenvalue weighted by atomic mass is 9.98. The van der Waals surface area contributed by atoms with Crippen LogP contribution in [0.3, 0.4) is 0 Å². The number of anilines is 1. The standard InChI is InChI=1S/C19H11ClN4O8S/c20-13-6-5-10(7-14(13)23(28)29)17(26)11-3-1-2-4-12(11)18(27)32-9-15(25)22-19-21-8-16(33-19)24(30)31/h1-8H,9H2,(H,21,22,25). The molecule has 33 heavy (non-hydrogen) atoms. The number of esters is 1. The number of ether oxygens (including phenoxy) is 1. The highest BCUT2D eigenvalue weighted by molar-refractivity contribution is 7.18. The van der Waals surface area contributed by atoms with Crippen molar-refractivity contribution in [2.75, 3.05) is 11.9 Å². The van der Waals surface area contributed by atoms with Gasteiger partial charge in [-0.05, 0) is 29.5 Å². The SMILES string of the molecule is O=C(COC(=O)c1ccccc1C(=O)c1ccc(Cl)c([N+](=O)[O-])c1)Nc1ncc([N+](=O)[O-])s1. The number of benzene rings is 2. The van der Waals surface area contributed by atoms with Crippen molar-refractivity contribution in [3.63, 3.8) is 0 Å². The Balaban J connectivity index is 1.73. The second-order valence-electron chi connectivity index (χ2n) is 6.18. The van der Waals surface area contributed by atoms with Gasteiger partial charge in [0.1, 0.15) is 11.2 Å². The van der Waals surface area contributed by atoms with Crippen molar-refractivity contribution in [1.82, 2.24) is 4.98 Å². The third-order valence-corrected chi connectivity index (χ3v) is 5.23. The Morgan fingerprint density at radius 2 is 1.76 bits per heavy atom. The summed E-state index contributed by atoms with van der Waals surface area (Å²) in [6.07, 6.45) is 0.968. The van der Waals surface area contributed by atoms with Crippen molar-refractivity contribution in [2.45, 2.75) is 0 Å². The molecule has 0 aliphatic heterocycles. The first-order valence-electron chi connectivity index (χ1n) is 8.82. The van der Waals surface area contributed by atoms with Crippen LogP contribution in [0.15, 0.2) is 48.7 Å². The molecule has 0 radical (unpaired) electrons. The van der Waals surface area contributed by atoms with Gasteiger partial charge in [-0.2, -0.15) is 0 Å². The highest BCUT2D eigenvalue weighted by Crippen LogP contribution is 2.27. The van der Waals surface area contributed by atoms with Crippen LogP contribution in [0.4, 0.5) is 15.8 Å². The van der Waals surface area contributed by atoms with Crippen molar-refractivity contribution >= 4 is 56.4 Å². The van der Waals surface area contributed by atoms with Gasteiger partial charge in [0, 0.05) is 17.2 Å². The van der Waals surface area contributed by atoms with Crippen LogP contribution in [0.5, 0.6) is 0 Å². The molecule has 14 heteroatoms. The number of nitro benzene ring substituents is 1. The van der Waals surface area contributed by atoms with Crippen LogP contribution in [-0.4, -0.2) is 39.1 Å². The smallest absolute Gasteiger partial charge is 0.345 e. The highest BCUT2D eigenvalue weighted by atomic mass is 35.5. The Kier molecular flexibility index (Phi) is 7.05. The molecule has 0 atom stereocenters. The van der Waals surface area contributed by atoms with E-state index < -0.39 is 39.8 Å². The average Bonchev–Trinajstić information content (AvgIpc) is 3.26. The summed E-state index contributed by atoms with van der Waals surface area (Å²) in [5.41, 5.74) is -0.816. The van der Waals surface area contributed by atoms with Gasteiger partial charge < -0.3 is 4.74 Å². The number of hydrogen-bond donors (Lipinski definition) is 1. The molecule has 0 spiro atoms. The first kappa shape index (κ1) is 23.4. The number of nitro groups is 2. The van der Waals surface area contributed by atoms with Crippen molar-refractivity contribution in [3.05, 3.63) is 90.6 Å². The fourth-order valence-electron chi connectivity index (χ4n) is 2.58. The van der Waals surface area contributed by atoms with Gasteiger partial charge >= 0.3 is 11.0 Å². The van der Waals surface area contributed by atoms with Gasteiger partial charge in [0.15, 0.2) is 17.5 Å². The monoisotopic (exact) mass is 490 g/mol. The maximum absolute atomic E-state index is 12.9. The Hall–Kier alpha value is -4.23. The van der Waals surface area contributed by atoms with Crippen LogP contribution in [0.25, 0.3) is 0 Å². The zero-order valence-corrected chi connectivity index (χ0v) is 17.8. The molecule has 3 rings (SSSR count). The van der Waals surface area contributed by atoms with Crippen LogP contribution in [-0.2, 0) is 9.53 Å². The zero-order chi connectivity index (χ0) is 24.1. The summed E-state index contributed by atoms with van der Waals surface area (Å²) < 4.78 is 4.93. The van der Waals surface area contributed by atoms with E-state index in [1.54, 1.807) is 0 Å². The first-order chi connectivity index (χ1) is 15.7. The van der Waals surface area contributed by atoms with E-state index in [0.29, 0.717) is 11.3 Å². The number of hydrogen-bond acceptors (Lipinski definition) is 10. The van der Waals surface area contributed by atoms with E-state index >= 15 is 0 Å². The molecule has 1 heterocycles. The third-order valence-electron chi connectivity index (χ3n) is 4.05. The number of ketones is 1. The number of nitrogens with zero attached hydrogens (tertiary/aromatic N) is 3. The lowest BCUT2D eigenvalue weighted by Crippen LogP contribution is -2.22. The minimum atomic E-state index is -0.998. The topological polar surface area (TPSA) is 172 Å². The minimum Gasteiger partial charge on any atom is -0.452 e. The van der Waals surface area contributed by atoms with Crippen molar-refractivity contribution in [3.8, 4) is 0 Å². The normalized spacial score (nSPS) is 10.3. The quantitative estimate of drug-likeness (QED) is 0.214. The predicted molar refractivity (Wildman–Crippen MR) is 116 cm³/mol. The minimum absolute atomic E-state index is 0.0531. The Labute approximate surface area is 193 Å². The molecule has 0 fully saturated rings. The summed E-state index contributed by atoms with van der Waals surface area (Å²) in [7, 11) is 0. The third kappa shape index (κ3) is 5.53. The number of halogens is 1. The predicted octanol–water partition coefficient (Wildman–Crippen LogP) is 3.64. The molecule has 12 nitrogen and oxygen atoms in total. The molecule has 0 saturated carbocycles. The second kappa shape index (κ2) is 9.93. The number of rotatable bonds is 8. The fraction of sp³-hybridized carbons (Fsp3) is 0.0526. The van der Waals surface area contributed by atoms with Crippen LogP contribution in [0, 0.1) is 20.2 Å². The number of carbonyl (C=O) groups is 3. The van der Waals surface area contributed by atoms with Crippen molar-refractivity contribution in [2.24, 2.45) is 0 Å². The largest absolute Gasteiger partial charge is 0.452 e. The molecule has 1 amide bonds. The molecule has 1 N–H and O–H groups in total. The molecule has 0 saturated heterocycles. The Morgan fingerprint density at radius 1 is 1.06 bits per heavy atom. The molecular formula is C19H11ClN4O8S. The summed E-state index contributed by atoms with van der Waals surface area (Å²) in [4.78, 5) is 61.3. The van der Waals surface area contributed by atoms with Gasteiger partial charge in [0.2, 0.25) is 0 Å². The summed E-state index contributed by atoms with van der Waals surface area (Å²) >= 11 is 6.39. The molecular weight excluding hydrogens is 480 g/mol. The molecule has 1 aromatic heterocycles. The van der Waals surface area contributed by atoms with Gasteiger partial charge in [-0.3, -0.25) is 35.1 Å². The molecule has 0 aliphatic rings. The summed E-state index contributed by atoms with van der Waals surface area (Å²) in [5, 5.41) is 23.5. The maximum Gasteiger partial charge on any atom is 0.345 e. The van der Waals surface area contributed by atoms with E-state index in [0.717, 1.165) is 12.3 Å². The average molecular weight is 491 g/mol. The van der Waals surface area contributed by atoms with E-state index in [9.17, 15) is 34.6 Å². The molecule has 0 bridgehead atoms. The summed E-state index contributed by atoms with van der Waals surface area (Å²) in [6.45, 7) is -0.749.